The van der Waals surface area contributed by atoms with Crippen LogP contribution >= 0.6 is 0 Å². The van der Waals surface area contributed by atoms with Crippen molar-refractivity contribution >= 4 is 17.6 Å². The van der Waals surface area contributed by atoms with Crippen LogP contribution in [0.5, 0.6) is 0 Å². The van der Waals surface area contributed by atoms with Gasteiger partial charge in [0, 0.05) is 20.1 Å². The largest absolute Gasteiger partial charge is 0.409 e. The standard InChI is InChI=1S/C12H20N4O3/c1-15-6-3-7-16(8-9(15)17)11(18)12(4-2-5-12)10(13)14-19/h19H,2-8H2,1H3,(H2,13,14). The van der Waals surface area contributed by atoms with Crippen LogP contribution in [0.3, 0.4) is 0 Å². The number of hydrogen-bond acceptors (Lipinski definition) is 4. The molecule has 19 heavy (non-hydrogen) atoms. The number of likely N-dealkylation sites (N-methyl/N-ethyl adjacent to an activating group) is 1. The number of amidine groups is 1. The molecule has 2 rings (SSSR count). The number of hydrogen-bond donors (Lipinski definition) is 2. The van der Waals surface area contributed by atoms with Crippen molar-refractivity contribution in [3.8, 4) is 0 Å². The van der Waals surface area contributed by atoms with Crippen molar-refractivity contribution in [1.29, 1.82) is 0 Å². The number of amides is 2. The molecule has 2 aliphatic rings. The fourth-order valence-electron chi connectivity index (χ4n) is 2.67. The van der Waals surface area contributed by atoms with E-state index in [4.69, 9.17) is 10.9 Å². The van der Waals surface area contributed by atoms with Crippen molar-refractivity contribution in [2.45, 2.75) is 25.7 Å². The first-order valence-corrected chi connectivity index (χ1v) is 6.52. The number of nitrogens with two attached hydrogens (primary N) is 1. The molecule has 0 atom stereocenters. The fraction of sp³-hybridized carbons (Fsp3) is 0.750. The van der Waals surface area contributed by atoms with Crippen LogP contribution in [-0.4, -0.2) is 59.3 Å². The summed E-state index contributed by atoms with van der Waals surface area (Å²) >= 11 is 0. The van der Waals surface area contributed by atoms with Gasteiger partial charge in [-0.3, -0.25) is 9.59 Å². The molecule has 1 saturated heterocycles. The van der Waals surface area contributed by atoms with Crippen LogP contribution in [0.25, 0.3) is 0 Å². The Labute approximate surface area is 112 Å². The number of oxime groups is 1. The first kappa shape index (κ1) is 13.6. The molecule has 0 spiro atoms. The van der Waals surface area contributed by atoms with Crippen LogP contribution in [0, 0.1) is 5.41 Å². The van der Waals surface area contributed by atoms with Crippen molar-refractivity contribution in [3.05, 3.63) is 0 Å². The second-order valence-corrected chi connectivity index (χ2v) is 5.32. The van der Waals surface area contributed by atoms with Crippen molar-refractivity contribution in [2.75, 3.05) is 26.7 Å². The monoisotopic (exact) mass is 268 g/mol. The first-order valence-electron chi connectivity index (χ1n) is 6.52. The third-order valence-electron chi connectivity index (χ3n) is 4.18. The molecule has 2 amide bonds. The number of carbonyl (C=O) groups is 2. The van der Waals surface area contributed by atoms with E-state index in [0.29, 0.717) is 25.9 Å². The van der Waals surface area contributed by atoms with Crippen molar-refractivity contribution in [3.63, 3.8) is 0 Å². The van der Waals surface area contributed by atoms with Gasteiger partial charge in [0.2, 0.25) is 11.8 Å². The molecule has 3 N–H and O–H groups in total. The Balaban J connectivity index is 2.16. The van der Waals surface area contributed by atoms with E-state index < -0.39 is 5.41 Å². The van der Waals surface area contributed by atoms with E-state index in [0.717, 1.165) is 12.8 Å². The van der Waals surface area contributed by atoms with E-state index >= 15 is 0 Å². The summed E-state index contributed by atoms with van der Waals surface area (Å²) < 4.78 is 0. The Morgan fingerprint density at radius 3 is 2.58 bits per heavy atom. The SMILES string of the molecule is CN1CCCN(C(=O)C2(C(N)=NO)CCC2)CC1=O. The van der Waals surface area contributed by atoms with Gasteiger partial charge in [-0.15, -0.1) is 0 Å². The Hall–Kier alpha value is -1.79. The fourth-order valence-corrected chi connectivity index (χ4v) is 2.67. The molecule has 0 aromatic rings. The average molecular weight is 268 g/mol. The highest BCUT2D eigenvalue weighted by molar-refractivity contribution is 6.08. The third-order valence-corrected chi connectivity index (χ3v) is 4.18. The van der Waals surface area contributed by atoms with E-state index in [-0.39, 0.29) is 24.2 Å². The Morgan fingerprint density at radius 1 is 1.37 bits per heavy atom. The highest BCUT2D eigenvalue weighted by atomic mass is 16.4. The van der Waals surface area contributed by atoms with E-state index in [1.165, 1.54) is 0 Å². The van der Waals surface area contributed by atoms with Crippen LogP contribution in [0.2, 0.25) is 0 Å². The van der Waals surface area contributed by atoms with Crippen LogP contribution in [0.4, 0.5) is 0 Å². The summed E-state index contributed by atoms with van der Waals surface area (Å²) in [5.74, 6) is -0.286. The maximum atomic E-state index is 12.6. The van der Waals surface area contributed by atoms with E-state index in [1.54, 1.807) is 16.8 Å². The van der Waals surface area contributed by atoms with Crippen molar-refractivity contribution < 1.29 is 14.8 Å². The number of rotatable bonds is 2. The van der Waals surface area contributed by atoms with Crippen molar-refractivity contribution in [2.24, 2.45) is 16.3 Å². The normalized spacial score (nSPS) is 23.8. The van der Waals surface area contributed by atoms with Gasteiger partial charge in [0.25, 0.3) is 0 Å². The van der Waals surface area contributed by atoms with Gasteiger partial charge in [-0.25, -0.2) is 0 Å². The summed E-state index contributed by atoms with van der Waals surface area (Å²) in [5, 5.41) is 11.9. The van der Waals surface area contributed by atoms with E-state index in [2.05, 4.69) is 5.16 Å². The van der Waals surface area contributed by atoms with Gasteiger partial charge in [-0.05, 0) is 19.3 Å². The lowest BCUT2D eigenvalue weighted by atomic mass is 9.67. The zero-order valence-electron chi connectivity index (χ0n) is 11.1. The number of nitrogens with zero attached hydrogens (tertiary/aromatic N) is 3. The smallest absolute Gasteiger partial charge is 0.241 e. The summed E-state index contributed by atoms with van der Waals surface area (Å²) in [6.45, 7) is 1.27. The lowest BCUT2D eigenvalue weighted by Crippen LogP contribution is -2.56. The minimum atomic E-state index is -0.891. The molecule has 1 saturated carbocycles. The van der Waals surface area contributed by atoms with Gasteiger partial charge in [0.15, 0.2) is 5.84 Å². The predicted molar refractivity (Wildman–Crippen MR) is 68.5 cm³/mol. The molecule has 1 heterocycles. The van der Waals surface area contributed by atoms with Crippen molar-refractivity contribution in [1.82, 2.24) is 9.80 Å². The lowest BCUT2D eigenvalue weighted by Gasteiger charge is -2.41. The van der Waals surface area contributed by atoms with Gasteiger partial charge < -0.3 is 20.7 Å². The molecule has 1 aliphatic heterocycles. The van der Waals surface area contributed by atoms with Gasteiger partial charge >= 0.3 is 0 Å². The minimum Gasteiger partial charge on any atom is -0.409 e. The van der Waals surface area contributed by atoms with Gasteiger partial charge in [0.05, 0.1) is 6.54 Å². The molecule has 0 bridgehead atoms. The molecule has 0 radical (unpaired) electrons. The molecule has 7 heteroatoms. The Bertz CT molecular complexity index is 417. The minimum absolute atomic E-state index is 0.0335. The highest BCUT2D eigenvalue weighted by Gasteiger charge is 2.50. The summed E-state index contributed by atoms with van der Waals surface area (Å²) in [7, 11) is 1.74. The van der Waals surface area contributed by atoms with Gasteiger partial charge in [0.1, 0.15) is 5.41 Å². The maximum Gasteiger partial charge on any atom is 0.241 e. The predicted octanol–water partition coefficient (Wildman–Crippen LogP) is -0.406. The molecule has 2 fully saturated rings. The molecule has 0 aromatic carbocycles. The topological polar surface area (TPSA) is 99.2 Å². The van der Waals surface area contributed by atoms with Crippen LogP contribution in [0.1, 0.15) is 25.7 Å². The summed E-state index contributed by atoms with van der Waals surface area (Å²) in [5.41, 5.74) is 4.79. The summed E-state index contributed by atoms with van der Waals surface area (Å²) in [6.07, 6.45) is 2.80. The Kier molecular flexibility index (Phi) is 3.64. The van der Waals surface area contributed by atoms with E-state index in [9.17, 15) is 9.59 Å². The molecule has 0 unspecified atom stereocenters. The highest BCUT2D eigenvalue weighted by Crippen LogP contribution is 2.42. The summed E-state index contributed by atoms with van der Waals surface area (Å²) in [6, 6.07) is 0. The summed E-state index contributed by atoms with van der Waals surface area (Å²) in [4.78, 5) is 27.6. The quantitative estimate of drug-likeness (QED) is 0.308. The van der Waals surface area contributed by atoms with Crippen LogP contribution < -0.4 is 5.73 Å². The molecular weight excluding hydrogens is 248 g/mol. The van der Waals surface area contributed by atoms with Gasteiger partial charge in [-0.1, -0.05) is 11.6 Å². The maximum absolute atomic E-state index is 12.6. The second kappa shape index (κ2) is 5.07. The lowest BCUT2D eigenvalue weighted by molar-refractivity contribution is -0.145. The third kappa shape index (κ3) is 2.24. The van der Waals surface area contributed by atoms with E-state index in [1.807, 2.05) is 0 Å². The van der Waals surface area contributed by atoms with Crippen LogP contribution in [-0.2, 0) is 9.59 Å². The van der Waals surface area contributed by atoms with Gasteiger partial charge in [-0.2, -0.15) is 0 Å². The first-order chi connectivity index (χ1) is 9.01. The zero-order chi connectivity index (χ0) is 14.0. The molecule has 7 nitrogen and oxygen atoms in total. The average Bonchev–Trinajstić information content (AvgIpc) is 2.50. The molecule has 0 aromatic heterocycles. The van der Waals surface area contributed by atoms with Crippen LogP contribution in [0.15, 0.2) is 5.16 Å². The molecule has 1 aliphatic carbocycles. The Morgan fingerprint density at radius 2 is 2.05 bits per heavy atom. The molecule has 106 valence electrons. The number of carbonyl (C=O) groups excluding carboxylic acids is 2. The molecular formula is C12H20N4O3. The second-order valence-electron chi connectivity index (χ2n) is 5.32. The zero-order valence-corrected chi connectivity index (χ0v) is 11.1.